The van der Waals surface area contributed by atoms with Crippen LogP contribution in [0.1, 0.15) is 33.1 Å². The number of likely N-dealkylation sites (N-methyl/N-ethyl adjacent to an activating group) is 1. The van der Waals surface area contributed by atoms with Crippen LogP contribution in [0.2, 0.25) is 0 Å². The molecule has 2 saturated heterocycles. The van der Waals surface area contributed by atoms with E-state index in [1.165, 1.54) is 12.8 Å². The Kier molecular flexibility index (Phi) is 3.90. The minimum Gasteiger partial charge on any atom is -0.343 e. The van der Waals surface area contributed by atoms with Crippen LogP contribution in [0.5, 0.6) is 0 Å². The Balaban J connectivity index is 2.05. The molecular formula is C13H23N3O2. The number of hydrogen-bond acceptors (Lipinski definition) is 3. The van der Waals surface area contributed by atoms with Gasteiger partial charge in [-0.25, -0.2) is 0 Å². The third-order valence-electron chi connectivity index (χ3n) is 4.19. The van der Waals surface area contributed by atoms with Crippen molar-refractivity contribution >= 4 is 11.8 Å². The smallest absolute Gasteiger partial charge is 0.245 e. The molecule has 18 heavy (non-hydrogen) atoms. The highest BCUT2D eigenvalue weighted by Crippen LogP contribution is 2.19. The molecule has 5 heteroatoms. The van der Waals surface area contributed by atoms with Gasteiger partial charge in [0.1, 0.15) is 12.1 Å². The lowest BCUT2D eigenvalue weighted by Gasteiger charge is -2.41. The van der Waals surface area contributed by atoms with Crippen LogP contribution in [-0.4, -0.2) is 59.9 Å². The quantitative estimate of drug-likeness (QED) is 0.765. The second-order valence-electron chi connectivity index (χ2n) is 5.53. The number of likely N-dealkylation sites (tertiary alicyclic amines) is 1. The summed E-state index contributed by atoms with van der Waals surface area (Å²) in [7, 11) is 2.10. The fourth-order valence-electron chi connectivity index (χ4n) is 2.83. The average molecular weight is 253 g/mol. The van der Waals surface area contributed by atoms with Gasteiger partial charge in [-0.15, -0.1) is 0 Å². The maximum Gasteiger partial charge on any atom is 0.245 e. The van der Waals surface area contributed by atoms with Gasteiger partial charge in [0.2, 0.25) is 11.8 Å². The van der Waals surface area contributed by atoms with E-state index >= 15 is 0 Å². The fraction of sp³-hybridized carbons (Fsp3) is 0.846. The van der Waals surface area contributed by atoms with E-state index in [1.54, 1.807) is 11.8 Å². The minimum atomic E-state index is -0.386. The van der Waals surface area contributed by atoms with Crippen LogP contribution in [0.3, 0.4) is 0 Å². The van der Waals surface area contributed by atoms with Crippen molar-refractivity contribution in [3.05, 3.63) is 0 Å². The van der Waals surface area contributed by atoms with Crippen molar-refractivity contribution in [2.45, 2.75) is 51.2 Å². The van der Waals surface area contributed by atoms with Crippen molar-refractivity contribution in [3.8, 4) is 0 Å². The predicted molar refractivity (Wildman–Crippen MR) is 69.0 cm³/mol. The van der Waals surface area contributed by atoms with Crippen LogP contribution in [0.4, 0.5) is 0 Å². The van der Waals surface area contributed by atoms with Gasteiger partial charge in [0.05, 0.1) is 0 Å². The van der Waals surface area contributed by atoms with Gasteiger partial charge in [-0.3, -0.25) is 9.59 Å². The van der Waals surface area contributed by atoms with Crippen LogP contribution >= 0.6 is 0 Å². The number of amides is 2. The summed E-state index contributed by atoms with van der Waals surface area (Å²) in [4.78, 5) is 28.0. The van der Waals surface area contributed by atoms with Gasteiger partial charge < -0.3 is 15.1 Å². The number of rotatable bonds is 2. The molecule has 2 fully saturated rings. The van der Waals surface area contributed by atoms with E-state index in [0.29, 0.717) is 12.6 Å². The van der Waals surface area contributed by atoms with Gasteiger partial charge in [0.15, 0.2) is 0 Å². The summed E-state index contributed by atoms with van der Waals surface area (Å²) in [5.74, 6) is 0.00151. The van der Waals surface area contributed by atoms with Crippen LogP contribution in [0, 0.1) is 0 Å². The topological polar surface area (TPSA) is 52.7 Å². The summed E-state index contributed by atoms with van der Waals surface area (Å²) in [6, 6.07) is -0.338. The predicted octanol–water partition coefficient (Wildman–Crippen LogP) is 0.206. The van der Waals surface area contributed by atoms with Crippen LogP contribution in [0.15, 0.2) is 0 Å². The van der Waals surface area contributed by atoms with Gasteiger partial charge in [-0.2, -0.15) is 0 Å². The molecule has 3 atom stereocenters. The summed E-state index contributed by atoms with van der Waals surface area (Å²) in [6.45, 7) is 5.32. The van der Waals surface area contributed by atoms with Gasteiger partial charge in [-0.05, 0) is 40.3 Å². The molecule has 0 radical (unpaired) electrons. The van der Waals surface area contributed by atoms with Gasteiger partial charge in [0.25, 0.3) is 0 Å². The highest BCUT2D eigenvalue weighted by Gasteiger charge is 2.37. The first kappa shape index (κ1) is 13.3. The highest BCUT2D eigenvalue weighted by molar-refractivity contribution is 5.96. The number of carbonyl (C=O) groups excluding carboxylic acids is 2. The maximum absolute atomic E-state index is 12.2. The summed E-state index contributed by atoms with van der Waals surface area (Å²) >= 11 is 0. The second-order valence-corrected chi connectivity index (χ2v) is 5.53. The van der Waals surface area contributed by atoms with Crippen molar-refractivity contribution in [2.24, 2.45) is 0 Å². The van der Waals surface area contributed by atoms with Crippen LogP contribution < -0.4 is 5.32 Å². The zero-order valence-electron chi connectivity index (χ0n) is 11.5. The second kappa shape index (κ2) is 5.26. The molecular weight excluding hydrogens is 230 g/mol. The maximum atomic E-state index is 12.2. The molecule has 2 heterocycles. The van der Waals surface area contributed by atoms with E-state index in [-0.39, 0.29) is 23.9 Å². The molecule has 3 unspecified atom stereocenters. The van der Waals surface area contributed by atoms with E-state index in [9.17, 15) is 9.59 Å². The molecule has 0 spiro atoms. The molecule has 0 aliphatic carbocycles. The normalized spacial score (nSPS) is 34.6. The Hall–Kier alpha value is -1.10. The lowest BCUT2D eigenvalue weighted by molar-refractivity contribution is -0.149. The molecule has 0 saturated carbocycles. The van der Waals surface area contributed by atoms with Crippen molar-refractivity contribution in [3.63, 3.8) is 0 Å². The summed E-state index contributed by atoms with van der Waals surface area (Å²) in [5, 5.41) is 2.71. The van der Waals surface area contributed by atoms with Crippen molar-refractivity contribution in [1.29, 1.82) is 0 Å². The lowest BCUT2D eigenvalue weighted by Crippen LogP contribution is -2.63. The molecule has 1 N–H and O–H groups in total. The summed E-state index contributed by atoms with van der Waals surface area (Å²) in [5.41, 5.74) is 0. The van der Waals surface area contributed by atoms with E-state index < -0.39 is 0 Å². The zero-order valence-corrected chi connectivity index (χ0v) is 11.5. The molecule has 0 aromatic carbocycles. The minimum absolute atomic E-state index is 0.0411. The molecule has 0 aromatic heterocycles. The summed E-state index contributed by atoms with van der Waals surface area (Å²) in [6.07, 6.45) is 3.56. The Morgan fingerprint density at radius 1 is 1.28 bits per heavy atom. The third-order valence-corrected chi connectivity index (χ3v) is 4.19. The Morgan fingerprint density at radius 3 is 2.67 bits per heavy atom. The largest absolute Gasteiger partial charge is 0.343 e. The third kappa shape index (κ3) is 2.51. The van der Waals surface area contributed by atoms with Gasteiger partial charge >= 0.3 is 0 Å². The molecule has 0 bridgehead atoms. The number of carbonyl (C=O) groups is 2. The van der Waals surface area contributed by atoms with E-state index in [2.05, 4.69) is 17.3 Å². The first-order valence-corrected chi connectivity index (χ1v) is 6.82. The van der Waals surface area contributed by atoms with Crippen molar-refractivity contribution < 1.29 is 9.59 Å². The number of piperazine rings is 1. The highest BCUT2D eigenvalue weighted by atomic mass is 16.2. The molecule has 5 nitrogen and oxygen atoms in total. The fourth-order valence-corrected chi connectivity index (χ4v) is 2.83. The first-order valence-electron chi connectivity index (χ1n) is 6.82. The monoisotopic (exact) mass is 253 g/mol. The molecule has 2 aliphatic rings. The van der Waals surface area contributed by atoms with Crippen molar-refractivity contribution in [2.75, 3.05) is 20.1 Å². The lowest BCUT2D eigenvalue weighted by atomic mass is 10.0. The molecule has 2 amide bonds. The van der Waals surface area contributed by atoms with E-state index in [4.69, 9.17) is 0 Å². The number of piperidine rings is 1. The van der Waals surface area contributed by atoms with E-state index in [0.717, 1.165) is 13.0 Å². The molecule has 102 valence electrons. The zero-order chi connectivity index (χ0) is 13.3. The van der Waals surface area contributed by atoms with E-state index in [1.807, 2.05) is 6.92 Å². The first-order chi connectivity index (χ1) is 8.50. The standard InChI is InChI=1S/C13H23N3O2/c1-9-13(18)16(10(2)12(17)14-9)8-11-6-4-5-7-15(11)3/h9-11H,4-8H2,1-3H3,(H,14,17). The molecule has 0 aromatic rings. The number of hydrogen-bond donors (Lipinski definition) is 1. The van der Waals surface area contributed by atoms with Gasteiger partial charge in [-0.1, -0.05) is 6.42 Å². The Morgan fingerprint density at radius 2 is 2.00 bits per heavy atom. The SMILES string of the molecule is CC1NC(=O)C(C)N(CC2CCCCN2C)C1=O. The Labute approximate surface area is 108 Å². The average Bonchev–Trinajstić information content (AvgIpc) is 2.34. The molecule has 2 aliphatic heterocycles. The summed E-state index contributed by atoms with van der Waals surface area (Å²) < 4.78 is 0. The van der Waals surface area contributed by atoms with Gasteiger partial charge in [0, 0.05) is 12.6 Å². The molecule has 2 rings (SSSR count). The Bertz CT molecular complexity index is 345. The van der Waals surface area contributed by atoms with Crippen molar-refractivity contribution in [1.82, 2.24) is 15.1 Å². The number of nitrogens with zero attached hydrogens (tertiary/aromatic N) is 2. The van der Waals surface area contributed by atoms with Crippen LogP contribution in [-0.2, 0) is 9.59 Å². The number of nitrogens with one attached hydrogen (secondary N) is 1. The van der Waals surface area contributed by atoms with Crippen LogP contribution in [0.25, 0.3) is 0 Å².